The van der Waals surface area contributed by atoms with Gasteiger partial charge in [0.1, 0.15) is 36.2 Å². The summed E-state index contributed by atoms with van der Waals surface area (Å²) in [7, 11) is 1.49. The van der Waals surface area contributed by atoms with E-state index in [-0.39, 0.29) is 18.6 Å². The predicted molar refractivity (Wildman–Crippen MR) is 157 cm³/mol. The van der Waals surface area contributed by atoms with Gasteiger partial charge in [-0.2, -0.15) is 0 Å². The Balaban J connectivity index is 1.32. The van der Waals surface area contributed by atoms with Crippen LogP contribution in [0.15, 0.2) is 60.7 Å². The predicted octanol–water partition coefficient (Wildman–Crippen LogP) is 2.94. The van der Waals surface area contributed by atoms with Crippen LogP contribution in [0.4, 0.5) is 19.3 Å². The van der Waals surface area contributed by atoms with Crippen molar-refractivity contribution in [3.63, 3.8) is 0 Å². The van der Waals surface area contributed by atoms with E-state index >= 15 is 0 Å². The molecule has 0 aromatic heterocycles. The van der Waals surface area contributed by atoms with Gasteiger partial charge in [-0.05, 0) is 60.4 Å². The highest BCUT2D eigenvalue weighted by Gasteiger charge is 2.45. The van der Waals surface area contributed by atoms with Crippen molar-refractivity contribution in [1.29, 1.82) is 0 Å². The van der Waals surface area contributed by atoms with Crippen molar-refractivity contribution in [2.45, 2.75) is 43.8 Å². The van der Waals surface area contributed by atoms with Crippen LogP contribution in [0.5, 0.6) is 17.2 Å². The average molecular weight is 638 g/mol. The summed E-state index contributed by atoms with van der Waals surface area (Å²) in [4.78, 5) is 66.0. The van der Waals surface area contributed by atoms with Crippen LogP contribution in [0.2, 0.25) is 0 Å². The molecule has 0 saturated heterocycles. The van der Waals surface area contributed by atoms with Crippen LogP contribution in [0.1, 0.15) is 24.0 Å². The Labute approximate surface area is 261 Å². The lowest BCUT2D eigenvalue weighted by Crippen LogP contribution is -2.57. The number of Topliss-reactive ketones (excluding diaryl/α,β-unsaturated/α-hetero) is 1. The number of nitrogens with zero attached hydrogens (tertiary/aromatic N) is 1. The minimum absolute atomic E-state index is 0.0503. The molecule has 0 spiro atoms. The third-order valence-electron chi connectivity index (χ3n) is 7.63. The lowest BCUT2D eigenvalue weighted by Gasteiger charge is -2.28. The molecular weight excluding hydrogens is 608 g/mol. The van der Waals surface area contributed by atoms with Crippen molar-refractivity contribution in [3.8, 4) is 17.2 Å². The molecule has 0 bridgehead atoms. The number of aryl methyl sites for hydroxylation is 1. The maximum Gasteiger partial charge on any atom is 0.413 e. The number of ketones is 1. The standard InChI is InChI=1S/C32H29F2N3O9/c1-44-19-9-11-20(12-10-19)46-32(43)36-23-13-8-17-4-2-5-18-14-25(37(28(17)18)31(23)42)30(41)35-24(15-27(39)40)26(38)16-45-29-21(33)6-3-7-22(29)34/h2-7,9-12,23-25H,8,13-16H2,1H3,(H,35,41)(H,36,43)(H,39,40). The molecule has 12 nitrogen and oxygen atoms in total. The number of halogens is 2. The molecular formula is C32H29F2N3O9. The zero-order valence-electron chi connectivity index (χ0n) is 24.5. The van der Waals surface area contributed by atoms with E-state index in [1.165, 1.54) is 24.1 Å². The summed E-state index contributed by atoms with van der Waals surface area (Å²) in [5.41, 5.74) is 1.93. The number of carbonyl (C=O) groups is 5. The van der Waals surface area contributed by atoms with E-state index in [0.717, 1.165) is 23.8 Å². The number of hydrogen-bond donors (Lipinski definition) is 3. The normalized spacial score (nSPS) is 17.3. The van der Waals surface area contributed by atoms with Gasteiger partial charge in [-0.15, -0.1) is 0 Å². The van der Waals surface area contributed by atoms with Crippen LogP contribution in [-0.2, 0) is 32.0 Å². The lowest BCUT2D eigenvalue weighted by molar-refractivity contribution is -0.140. The van der Waals surface area contributed by atoms with Crippen LogP contribution in [0, 0.1) is 11.6 Å². The maximum absolute atomic E-state index is 14.0. The fraction of sp³-hybridized carbons (Fsp3) is 0.281. The number of anilines is 1. The number of carboxylic acid groups (broad SMARTS) is 1. The second kappa shape index (κ2) is 13.6. The van der Waals surface area contributed by atoms with E-state index in [1.54, 1.807) is 30.3 Å². The smallest absolute Gasteiger partial charge is 0.413 e. The number of nitrogens with one attached hydrogen (secondary N) is 2. The van der Waals surface area contributed by atoms with Crippen LogP contribution < -0.4 is 29.7 Å². The second-order valence-electron chi connectivity index (χ2n) is 10.6. The molecule has 46 heavy (non-hydrogen) atoms. The van der Waals surface area contributed by atoms with E-state index in [1.807, 2.05) is 0 Å². The number of para-hydroxylation sites is 2. The van der Waals surface area contributed by atoms with Gasteiger partial charge in [0.2, 0.25) is 11.8 Å². The zero-order chi connectivity index (χ0) is 33.0. The minimum atomic E-state index is -1.64. The Hall–Kier alpha value is -5.53. The first-order valence-electron chi connectivity index (χ1n) is 14.2. The molecule has 240 valence electrons. The van der Waals surface area contributed by atoms with Gasteiger partial charge < -0.3 is 30.0 Å². The van der Waals surface area contributed by atoms with Crippen LogP contribution >= 0.6 is 0 Å². The summed E-state index contributed by atoms with van der Waals surface area (Å²) < 4.78 is 43.3. The van der Waals surface area contributed by atoms with Crippen molar-refractivity contribution in [1.82, 2.24) is 10.6 Å². The molecule has 14 heteroatoms. The number of carbonyl (C=O) groups excluding carboxylic acids is 4. The van der Waals surface area contributed by atoms with E-state index in [9.17, 15) is 37.9 Å². The van der Waals surface area contributed by atoms with Crippen LogP contribution in [0.3, 0.4) is 0 Å². The highest BCUT2D eigenvalue weighted by molar-refractivity contribution is 6.08. The Morgan fingerprint density at radius 3 is 2.30 bits per heavy atom. The first-order valence-corrected chi connectivity index (χ1v) is 14.2. The summed E-state index contributed by atoms with van der Waals surface area (Å²) in [6.45, 7) is -0.934. The first kappa shape index (κ1) is 31.9. The van der Waals surface area contributed by atoms with Gasteiger partial charge in [-0.1, -0.05) is 24.3 Å². The van der Waals surface area contributed by atoms with E-state index in [4.69, 9.17) is 14.2 Å². The monoisotopic (exact) mass is 637 g/mol. The van der Waals surface area contributed by atoms with E-state index in [2.05, 4.69) is 10.6 Å². The van der Waals surface area contributed by atoms with Gasteiger partial charge in [-0.3, -0.25) is 24.1 Å². The fourth-order valence-electron chi connectivity index (χ4n) is 5.45. The number of methoxy groups -OCH3 is 1. The topological polar surface area (TPSA) is 161 Å². The number of ether oxygens (including phenoxy) is 3. The molecule has 5 rings (SSSR count). The van der Waals surface area contributed by atoms with E-state index < -0.39 is 78.2 Å². The second-order valence-corrected chi connectivity index (χ2v) is 10.6. The SMILES string of the molecule is COc1ccc(OC(=O)NC2CCc3cccc4c3N(C2=O)C(C(=O)NC(CC(=O)O)C(=O)COc2c(F)cccc2F)C4)cc1. The number of hydrogen-bond acceptors (Lipinski definition) is 8. The molecule has 3 amide bonds. The number of carboxylic acids is 1. The molecule has 0 fully saturated rings. The highest BCUT2D eigenvalue weighted by atomic mass is 19.1. The quantitative estimate of drug-likeness (QED) is 0.287. The molecule has 2 heterocycles. The van der Waals surface area contributed by atoms with Crippen LogP contribution in [0.25, 0.3) is 0 Å². The number of aliphatic carboxylic acids is 1. The summed E-state index contributed by atoms with van der Waals surface area (Å²) in [6.07, 6.45) is -1.12. The van der Waals surface area contributed by atoms with Gasteiger partial charge in [0.05, 0.1) is 19.2 Å². The molecule has 3 aromatic carbocycles. The molecule has 3 atom stereocenters. The van der Waals surface area contributed by atoms with Gasteiger partial charge in [-0.25, -0.2) is 13.6 Å². The van der Waals surface area contributed by atoms with Crippen molar-refractivity contribution in [2.24, 2.45) is 0 Å². The number of rotatable bonds is 11. The lowest BCUT2D eigenvalue weighted by atomic mass is 10.0. The minimum Gasteiger partial charge on any atom is -0.497 e. The van der Waals surface area contributed by atoms with Crippen LogP contribution in [-0.4, -0.2) is 66.6 Å². The molecule has 2 aliphatic heterocycles. The van der Waals surface area contributed by atoms with Gasteiger partial charge in [0.25, 0.3) is 0 Å². The summed E-state index contributed by atoms with van der Waals surface area (Å²) in [5, 5.41) is 14.4. The summed E-state index contributed by atoms with van der Waals surface area (Å²) in [6, 6.07) is 10.6. The van der Waals surface area contributed by atoms with Gasteiger partial charge in [0, 0.05) is 6.42 Å². The molecule has 0 radical (unpaired) electrons. The summed E-state index contributed by atoms with van der Waals surface area (Å²) in [5.74, 6) is -6.03. The van der Waals surface area contributed by atoms with Crippen molar-refractivity contribution < 1.29 is 52.1 Å². The zero-order valence-corrected chi connectivity index (χ0v) is 24.5. The Morgan fingerprint density at radius 1 is 0.978 bits per heavy atom. The Bertz CT molecular complexity index is 1660. The van der Waals surface area contributed by atoms with Crippen molar-refractivity contribution in [2.75, 3.05) is 18.6 Å². The fourth-order valence-corrected chi connectivity index (χ4v) is 5.45. The highest BCUT2D eigenvalue weighted by Crippen LogP contribution is 2.39. The third kappa shape index (κ3) is 6.90. The third-order valence-corrected chi connectivity index (χ3v) is 7.63. The number of amides is 3. The van der Waals surface area contributed by atoms with Gasteiger partial charge in [0.15, 0.2) is 23.2 Å². The molecule has 0 saturated carbocycles. The summed E-state index contributed by atoms with van der Waals surface area (Å²) >= 11 is 0. The molecule has 3 N–H and O–H groups in total. The average Bonchev–Trinajstić information content (AvgIpc) is 3.36. The number of benzene rings is 3. The Morgan fingerprint density at radius 2 is 1.63 bits per heavy atom. The van der Waals surface area contributed by atoms with Gasteiger partial charge >= 0.3 is 12.1 Å². The van der Waals surface area contributed by atoms with Crippen molar-refractivity contribution in [3.05, 3.63) is 83.4 Å². The van der Waals surface area contributed by atoms with Crippen molar-refractivity contribution >= 4 is 35.3 Å². The largest absolute Gasteiger partial charge is 0.497 e. The Kier molecular flexibility index (Phi) is 9.45. The first-order chi connectivity index (χ1) is 22.0. The molecule has 2 aliphatic rings. The molecule has 0 aliphatic carbocycles. The molecule has 3 unspecified atom stereocenters. The van der Waals surface area contributed by atoms with E-state index in [0.29, 0.717) is 23.4 Å². The maximum atomic E-state index is 14.0. The molecule has 3 aromatic rings.